The van der Waals surface area contributed by atoms with Crippen LogP contribution in [-0.2, 0) is 9.59 Å². The number of carbonyl (C=O) groups is 4. The number of hydrazine groups is 1. The molecule has 1 aromatic carbocycles. The summed E-state index contributed by atoms with van der Waals surface area (Å²) in [6.07, 6.45) is 7.61. The molecule has 0 radical (unpaired) electrons. The molecule has 8 heteroatoms. The second-order valence-corrected chi connectivity index (χ2v) is 7.29. The van der Waals surface area contributed by atoms with Gasteiger partial charge in [0.25, 0.3) is 11.8 Å². The molecule has 1 aliphatic carbocycles. The van der Waals surface area contributed by atoms with Gasteiger partial charge in [0, 0.05) is 32.0 Å². The fraction of sp³-hybridized carbons (Fsp3) is 0.545. The molecule has 0 atom stereocenters. The summed E-state index contributed by atoms with van der Waals surface area (Å²) in [6.45, 7) is 4.41. The standard InChI is InChI=1S/C10H10N2O3.C7H15N.C5H8O2/c1-11-12-9(13)7-4-3-6(15-2)5-8(7)10(12)14;1-6(2)8-7-4-3-5-7;6-4-2-1-3-5-7/h3-5,11H,1-2H3;6-8H,3-5H2,1-2H3;4-5H,1-3H2. The van der Waals surface area contributed by atoms with E-state index in [4.69, 9.17) is 4.74 Å². The smallest absolute Gasteiger partial charge is 0.276 e. The first kappa shape index (κ1) is 25.5. The van der Waals surface area contributed by atoms with Crippen molar-refractivity contribution in [2.45, 2.75) is 64.5 Å². The van der Waals surface area contributed by atoms with Gasteiger partial charge in [-0.15, -0.1) is 0 Å². The Kier molecular flexibility index (Phi) is 11.5. The van der Waals surface area contributed by atoms with Crippen molar-refractivity contribution in [3.05, 3.63) is 29.3 Å². The van der Waals surface area contributed by atoms with Gasteiger partial charge in [-0.1, -0.05) is 20.3 Å². The zero-order valence-electron chi connectivity index (χ0n) is 18.3. The third kappa shape index (κ3) is 7.68. The molecule has 1 aliphatic heterocycles. The third-order valence-electron chi connectivity index (χ3n) is 4.64. The van der Waals surface area contributed by atoms with Crippen LogP contribution in [0.15, 0.2) is 18.2 Å². The average molecular weight is 420 g/mol. The Balaban J connectivity index is 0.000000254. The van der Waals surface area contributed by atoms with Gasteiger partial charge >= 0.3 is 0 Å². The summed E-state index contributed by atoms with van der Waals surface area (Å²) in [5, 5.41) is 4.46. The number of amides is 2. The van der Waals surface area contributed by atoms with Gasteiger partial charge in [-0.2, -0.15) is 0 Å². The molecule has 3 rings (SSSR count). The second-order valence-electron chi connectivity index (χ2n) is 7.29. The van der Waals surface area contributed by atoms with Crippen molar-refractivity contribution in [1.29, 1.82) is 0 Å². The van der Waals surface area contributed by atoms with Crippen molar-refractivity contribution in [3.8, 4) is 5.75 Å². The van der Waals surface area contributed by atoms with Crippen molar-refractivity contribution < 1.29 is 23.9 Å². The highest BCUT2D eigenvalue weighted by atomic mass is 16.5. The minimum atomic E-state index is -0.351. The van der Waals surface area contributed by atoms with Gasteiger partial charge in [-0.25, -0.2) is 10.4 Å². The Morgan fingerprint density at radius 2 is 1.70 bits per heavy atom. The number of nitrogens with zero attached hydrogens (tertiary/aromatic N) is 1. The van der Waals surface area contributed by atoms with E-state index in [1.54, 1.807) is 18.2 Å². The number of benzene rings is 1. The van der Waals surface area contributed by atoms with Crippen LogP contribution in [0, 0.1) is 0 Å². The fourth-order valence-electron chi connectivity index (χ4n) is 2.88. The summed E-state index contributed by atoms with van der Waals surface area (Å²) in [5.41, 5.74) is 3.31. The highest BCUT2D eigenvalue weighted by Gasteiger charge is 2.35. The minimum absolute atomic E-state index is 0.333. The number of unbranched alkanes of at least 4 members (excludes halogenated alkanes) is 2. The van der Waals surface area contributed by atoms with E-state index in [9.17, 15) is 19.2 Å². The molecule has 166 valence electrons. The first-order chi connectivity index (χ1) is 14.4. The molecule has 1 saturated carbocycles. The molecular weight excluding hydrogens is 386 g/mol. The van der Waals surface area contributed by atoms with Gasteiger partial charge < -0.3 is 19.6 Å². The van der Waals surface area contributed by atoms with E-state index in [1.165, 1.54) is 33.4 Å². The summed E-state index contributed by atoms with van der Waals surface area (Å²) < 4.78 is 4.99. The van der Waals surface area contributed by atoms with E-state index in [-0.39, 0.29) is 11.8 Å². The van der Waals surface area contributed by atoms with Crippen LogP contribution in [0.1, 0.15) is 73.1 Å². The maximum atomic E-state index is 11.7. The van der Waals surface area contributed by atoms with E-state index in [0.717, 1.165) is 23.6 Å². The van der Waals surface area contributed by atoms with Gasteiger partial charge in [-0.05, 0) is 37.5 Å². The lowest BCUT2D eigenvalue weighted by Crippen LogP contribution is -2.39. The molecule has 0 spiro atoms. The Bertz CT molecular complexity index is 709. The molecular formula is C22H33N3O5. The van der Waals surface area contributed by atoms with E-state index < -0.39 is 0 Å². The Morgan fingerprint density at radius 1 is 1.10 bits per heavy atom. The number of fused-ring (bicyclic) bond motifs is 1. The maximum Gasteiger partial charge on any atom is 0.276 e. The van der Waals surface area contributed by atoms with Crippen LogP contribution in [0.5, 0.6) is 5.75 Å². The normalized spacial score (nSPS) is 14.8. The van der Waals surface area contributed by atoms with Crippen molar-refractivity contribution >= 4 is 24.4 Å². The van der Waals surface area contributed by atoms with Crippen LogP contribution in [0.2, 0.25) is 0 Å². The number of hydrogen-bond donors (Lipinski definition) is 2. The number of nitrogens with one attached hydrogen (secondary N) is 2. The number of aldehydes is 2. The molecule has 0 saturated heterocycles. The molecule has 0 aromatic heterocycles. The van der Waals surface area contributed by atoms with E-state index >= 15 is 0 Å². The average Bonchev–Trinajstić information content (AvgIpc) is 2.95. The first-order valence-corrected chi connectivity index (χ1v) is 10.3. The Hall–Kier alpha value is -2.58. The van der Waals surface area contributed by atoms with Gasteiger partial charge in [0.15, 0.2) is 0 Å². The van der Waals surface area contributed by atoms with Crippen molar-refractivity contribution in [1.82, 2.24) is 15.8 Å². The second kappa shape index (κ2) is 13.6. The minimum Gasteiger partial charge on any atom is -0.497 e. The molecule has 1 aromatic rings. The van der Waals surface area contributed by atoms with Gasteiger partial charge in [0.1, 0.15) is 18.3 Å². The lowest BCUT2D eigenvalue weighted by atomic mass is 9.93. The zero-order valence-corrected chi connectivity index (χ0v) is 18.3. The van der Waals surface area contributed by atoms with E-state index in [2.05, 4.69) is 24.6 Å². The first-order valence-electron chi connectivity index (χ1n) is 10.3. The van der Waals surface area contributed by atoms with Gasteiger partial charge in [-0.3, -0.25) is 9.59 Å². The maximum absolute atomic E-state index is 11.7. The van der Waals surface area contributed by atoms with E-state index in [0.29, 0.717) is 42.2 Å². The Labute approximate surface area is 178 Å². The number of rotatable bonds is 8. The highest BCUT2D eigenvalue weighted by Crippen LogP contribution is 2.25. The number of imide groups is 1. The summed E-state index contributed by atoms with van der Waals surface area (Å²) >= 11 is 0. The highest BCUT2D eigenvalue weighted by molar-refractivity contribution is 6.21. The van der Waals surface area contributed by atoms with E-state index in [1.807, 2.05) is 0 Å². The topological polar surface area (TPSA) is 105 Å². The summed E-state index contributed by atoms with van der Waals surface area (Å²) in [4.78, 5) is 42.5. The number of methoxy groups -OCH3 is 1. The van der Waals surface area contributed by atoms with Crippen LogP contribution in [0.3, 0.4) is 0 Å². The molecule has 0 bridgehead atoms. The van der Waals surface area contributed by atoms with Crippen LogP contribution >= 0.6 is 0 Å². The molecule has 2 amide bonds. The molecule has 2 aliphatic rings. The number of hydrogen-bond acceptors (Lipinski definition) is 7. The molecule has 8 nitrogen and oxygen atoms in total. The molecule has 30 heavy (non-hydrogen) atoms. The molecule has 0 unspecified atom stereocenters. The van der Waals surface area contributed by atoms with Crippen LogP contribution in [0.4, 0.5) is 0 Å². The molecule has 1 fully saturated rings. The van der Waals surface area contributed by atoms with Gasteiger partial charge in [0.2, 0.25) is 0 Å². The van der Waals surface area contributed by atoms with Crippen molar-refractivity contribution in [2.24, 2.45) is 0 Å². The van der Waals surface area contributed by atoms with Crippen LogP contribution < -0.4 is 15.5 Å². The third-order valence-corrected chi connectivity index (χ3v) is 4.64. The number of ether oxygens (including phenoxy) is 1. The SMILES string of the molecule is CC(C)NC1CCC1.CNN1C(=O)c2ccc(OC)cc2C1=O.O=CCCCC=O. The van der Waals surface area contributed by atoms with Crippen molar-refractivity contribution in [3.63, 3.8) is 0 Å². The lowest BCUT2D eigenvalue weighted by molar-refractivity contribution is -0.108. The number of carbonyl (C=O) groups excluding carboxylic acids is 4. The van der Waals surface area contributed by atoms with Gasteiger partial charge in [0.05, 0.1) is 18.2 Å². The fourth-order valence-corrected chi connectivity index (χ4v) is 2.88. The summed E-state index contributed by atoms with van der Waals surface area (Å²) in [7, 11) is 3.04. The predicted molar refractivity (Wildman–Crippen MR) is 114 cm³/mol. The Morgan fingerprint density at radius 3 is 2.10 bits per heavy atom. The monoisotopic (exact) mass is 419 g/mol. The van der Waals surface area contributed by atoms with Crippen LogP contribution in [-0.4, -0.2) is 55.6 Å². The lowest BCUT2D eigenvalue weighted by Gasteiger charge is -2.28. The van der Waals surface area contributed by atoms with Crippen LogP contribution in [0.25, 0.3) is 0 Å². The summed E-state index contributed by atoms with van der Waals surface area (Å²) in [5.74, 6) is -0.121. The van der Waals surface area contributed by atoms with Crippen molar-refractivity contribution in [2.75, 3.05) is 14.2 Å². The zero-order chi connectivity index (χ0) is 22.5. The largest absolute Gasteiger partial charge is 0.497 e. The predicted octanol–water partition coefficient (Wildman–Crippen LogP) is 2.52. The molecule has 1 heterocycles. The molecule has 2 N–H and O–H groups in total. The quantitative estimate of drug-likeness (QED) is 0.379. The summed E-state index contributed by atoms with van der Waals surface area (Å²) in [6, 6.07) is 6.34.